The third-order valence-electron chi connectivity index (χ3n) is 3.60. The highest BCUT2D eigenvalue weighted by atomic mass is 19.2. The Kier molecular flexibility index (Phi) is 10.6. The highest BCUT2D eigenvalue weighted by Crippen LogP contribution is 2.30. The van der Waals surface area contributed by atoms with E-state index in [9.17, 15) is 8.78 Å². The first-order valence-corrected chi connectivity index (χ1v) is 8.15. The van der Waals surface area contributed by atoms with Gasteiger partial charge in [0.2, 0.25) is 0 Å². The van der Waals surface area contributed by atoms with Crippen molar-refractivity contribution in [2.45, 2.75) is 13.3 Å². The zero-order chi connectivity index (χ0) is 21.1. The lowest BCUT2D eigenvalue weighted by atomic mass is 9.99. The van der Waals surface area contributed by atoms with Gasteiger partial charge in [0.1, 0.15) is 5.76 Å². The SMILES string of the molecule is C=C(C)/C=C\C(=C)C(=C)/C(F)=C(/F)C(=C)C(=C)/C=C(/CCOC)C(=C)OC. The first kappa shape index (κ1) is 24.3. The first-order chi connectivity index (χ1) is 12.6. The predicted molar refractivity (Wildman–Crippen MR) is 110 cm³/mol. The van der Waals surface area contributed by atoms with Gasteiger partial charge >= 0.3 is 0 Å². The van der Waals surface area contributed by atoms with Gasteiger partial charge in [-0.05, 0) is 36.1 Å². The summed E-state index contributed by atoms with van der Waals surface area (Å²) in [6.45, 7) is 24.2. The molecular formula is C23H28F2O2. The van der Waals surface area contributed by atoms with Gasteiger partial charge in [0.25, 0.3) is 0 Å². The zero-order valence-electron chi connectivity index (χ0n) is 16.5. The van der Waals surface area contributed by atoms with Crippen molar-refractivity contribution in [1.82, 2.24) is 0 Å². The Morgan fingerprint density at radius 3 is 1.81 bits per heavy atom. The molecule has 27 heavy (non-hydrogen) atoms. The maximum atomic E-state index is 14.5. The molecule has 0 rings (SSSR count). The minimum Gasteiger partial charge on any atom is -0.497 e. The molecule has 0 fully saturated rings. The largest absolute Gasteiger partial charge is 0.497 e. The number of allylic oxidation sites excluding steroid dienone is 11. The third kappa shape index (κ3) is 8.01. The Hall–Kier alpha value is -2.72. The average molecular weight is 374 g/mol. The Balaban J connectivity index is 5.57. The molecule has 0 amide bonds. The molecule has 0 saturated carbocycles. The summed E-state index contributed by atoms with van der Waals surface area (Å²) in [6.07, 6.45) is 5.16. The number of hydrogen-bond donors (Lipinski definition) is 0. The van der Waals surface area contributed by atoms with Crippen LogP contribution in [0, 0.1) is 0 Å². The van der Waals surface area contributed by atoms with Crippen LogP contribution in [0.25, 0.3) is 0 Å². The second kappa shape index (κ2) is 11.8. The predicted octanol–water partition coefficient (Wildman–Crippen LogP) is 6.62. The fourth-order valence-electron chi connectivity index (χ4n) is 1.82. The monoisotopic (exact) mass is 374 g/mol. The van der Waals surface area contributed by atoms with Crippen molar-refractivity contribution in [1.29, 1.82) is 0 Å². The highest BCUT2D eigenvalue weighted by Gasteiger charge is 2.16. The van der Waals surface area contributed by atoms with Crippen LogP contribution in [0.4, 0.5) is 8.78 Å². The number of methoxy groups -OCH3 is 2. The Morgan fingerprint density at radius 1 is 0.852 bits per heavy atom. The van der Waals surface area contributed by atoms with Gasteiger partial charge in [0, 0.05) is 18.3 Å². The summed E-state index contributed by atoms with van der Waals surface area (Å²) >= 11 is 0. The van der Waals surface area contributed by atoms with E-state index >= 15 is 0 Å². The van der Waals surface area contributed by atoms with Crippen molar-refractivity contribution in [2.75, 3.05) is 20.8 Å². The second-order valence-electron chi connectivity index (χ2n) is 5.85. The molecule has 0 aromatic rings. The molecule has 0 aliphatic rings. The van der Waals surface area contributed by atoms with Gasteiger partial charge in [0.15, 0.2) is 11.7 Å². The van der Waals surface area contributed by atoms with Crippen LogP contribution >= 0.6 is 0 Å². The first-order valence-electron chi connectivity index (χ1n) is 8.15. The van der Waals surface area contributed by atoms with E-state index in [0.717, 1.165) is 5.57 Å². The van der Waals surface area contributed by atoms with E-state index in [1.807, 2.05) is 0 Å². The standard InChI is InChI=1S/C23H28F2O2/c1-15(2)10-11-16(3)18(5)22(24)23(25)19(6)17(4)14-21(12-13-26-8)20(7)27-9/h10-11,14H,1,3-7,12-13H2,2,8-9H3/b11-10-,21-14-,23-22-. The average Bonchev–Trinajstić information content (AvgIpc) is 2.65. The van der Waals surface area contributed by atoms with Crippen LogP contribution in [-0.2, 0) is 9.47 Å². The van der Waals surface area contributed by atoms with Gasteiger partial charge in [-0.2, -0.15) is 0 Å². The van der Waals surface area contributed by atoms with Crippen molar-refractivity contribution in [3.8, 4) is 0 Å². The fourth-order valence-corrected chi connectivity index (χ4v) is 1.82. The van der Waals surface area contributed by atoms with Gasteiger partial charge in [-0.1, -0.05) is 57.2 Å². The zero-order valence-corrected chi connectivity index (χ0v) is 16.5. The number of halogens is 2. The van der Waals surface area contributed by atoms with Gasteiger partial charge in [-0.3, -0.25) is 0 Å². The number of rotatable bonds is 12. The van der Waals surface area contributed by atoms with Crippen molar-refractivity contribution in [3.63, 3.8) is 0 Å². The van der Waals surface area contributed by atoms with E-state index in [4.69, 9.17) is 9.47 Å². The lowest BCUT2D eigenvalue weighted by Gasteiger charge is -2.12. The van der Waals surface area contributed by atoms with Gasteiger partial charge < -0.3 is 9.47 Å². The highest BCUT2D eigenvalue weighted by molar-refractivity contribution is 5.55. The number of hydrogen-bond acceptors (Lipinski definition) is 2. The summed E-state index contributed by atoms with van der Waals surface area (Å²) in [5.41, 5.74) is 1.43. The topological polar surface area (TPSA) is 18.5 Å². The lowest BCUT2D eigenvalue weighted by molar-refractivity contribution is 0.199. The molecule has 0 spiro atoms. The van der Waals surface area contributed by atoms with E-state index in [0.29, 0.717) is 24.4 Å². The van der Waals surface area contributed by atoms with Crippen LogP contribution < -0.4 is 0 Å². The van der Waals surface area contributed by atoms with Gasteiger partial charge in [-0.15, -0.1) is 0 Å². The summed E-state index contributed by atoms with van der Waals surface area (Å²) in [5, 5.41) is 0. The van der Waals surface area contributed by atoms with Crippen molar-refractivity contribution < 1.29 is 18.3 Å². The molecule has 146 valence electrons. The summed E-state index contributed by atoms with van der Waals surface area (Å²) in [6, 6.07) is 0. The molecule has 0 N–H and O–H groups in total. The Morgan fingerprint density at radius 2 is 1.37 bits per heavy atom. The van der Waals surface area contributed by atoms with Crippen LogP contribution in [0.5, 0.6) is 0 Å². The van der Waals surface area contributed by atoms with Gasteiger partial charge in [0.05, 0.1) is 13.7 Å². The van der Waals surface area contributed by atoms with Crippen LogP contribution in [0.3, 0.4) is 0 Å². The van der Waals surface area contributed by atoms with E-state index in [-0.39, 0.29) is 22.3 Å². The molecule has 0 atom stereocenters. The minimum absolute atomic E-state index is 0.177. The molecule has 0 unspecified atom stereocenters. The molecule has 2 nitrogen and oxygen atoms in total. The van der Waals surface area contributed by atoms with Crippen molar-refractivity contribution in [2.24, 2.45) is 0 Å². The van der Waals surface area contributed by atoms with Crippen molar-refractivity contribution >= 4 is 0 Å². The molecular weight excluding hydrogens is 346 g/mol. The normalized spacial score (nSPS) is 12.4. The molecule has 0 bridgehead atoms. The summed E-state index contributed by atoms with van der Waals surface area (Å²) in [4.78, 5) is 0. The molecule has 0 radical (unpaired) electrons. The van der Waals surface area contributed by atoms with Gasteiger partial charge in [-0.25, -0.2) is 8.78 Å². The molecule has 0 aromatic heterocycles. The molecule has 0 aliphatic carbocycles. The summed E-state index contributed by atoms with van der Waals surface area (Å²) in [5.74, 6) is -1.91. The molecule has 0 aromatic carbocycles. The smallest absolute Gasteiger partial charge is 0.166 e. The maximum absolute atomic E-state index is 14.5. The molecule has 0 saturated heterocycles. The Bertz CT molecular complexity index is 746. The second-order valence-corrected chi connectivity index (χ2v) is 5.85. The van der Waals surface area contributed by atoms with Crippen molar-refractivity contribution in [3.05, 3.63) is 109 Å². The van der Waals surface area contributed by atoms with E-state index in [1.165, 1.54) is 13.2 Å². The van der Waals surface area contributed by atoms with Crippen LogP contribution in [0.15, 0.2) is 109 Å². The third-order valence-corrected chi connectivity index (χ3v) is 3.60. The van der Waals surface area contributed by atoms with Crippen LogP contribution in [0.1, 0.15) is 13.3 Å². The summed E-state index contributed by atoms with van der Waals surface area (Å²) in [7, 11) is 3.02. The van der Waals surface area contributed by atoms with Crippen LogP contribution in [-0.4, -0.2) is 20.8 Å². The fraction of sp³-hybridized carbons (Fsp3) is 0.217. The molecule has 4 heteroatoms. The minimum atomic E-state index is -1.15. The van der Waals surface area contributed by atoms with E-state index in [2.05, 4.69) is 39.5 Å². The molecule has 0 aliphatic heterocycles. The lowest BCUT2D eigenvalue weighted by Crippen LogP contribution is -1.99. The Labute approximate surface area is 161 Å². The van der Waals surface area contributed by atoms with Crippen LogP contribution in [0.2, 0.25) is 0 Å². The quantitative estimate of drug-likeness (QED) is 0.282. The van der Waals surface area contributed by atoms with E-state index in [1.54, 1.807) is 26.2 Å². The summed E-state index contributed by atoms with van der Waals surface area (Å²) < 4.78 is 39.1. The van der Waals surface area contributed by atoms with E-state index < -0.39 is 11.7 Å². The number of ether oxygens (including phenoxy) is 2. The molecule has 0 heterocycles. The maximum Gasteiger partial charge on any atom is 0.166 e.